The van der Waals surface area contributed by atoms with Crippen molar-refractivity contribution in [3.8, 4) is 0 Å². The number of halogens is 3. The van der Waals surface area contributed by atoms with Gasteiger partial charge in [0.05, 0.1) is 19.1 Å². The molecule has 1 amide bonds. The first-order valence-corrected chi connectivity index (χ1v) is 8.84. The van der Waals surface area contributed by atoms with E-state index in [9.17, 15) is 31.2 Å². The average molecular weight is 403 g/mol. The molecule has 2 unspecified atom stereocenters. The van der Waals surface area contributed by atoms with Crippen molar-refractivity contribution in [1.82, 2.24) is 5.32 Å². The van der Waals surface area contributed by atoms with Gasteiger partial charge in [-0.05, 0) is 33.3 Å². The number of alkyl carbamates (subject to hydrolysis) is 1. The average Bonchev–Trinajstić information content (AvgIpc) is 2.43. The van der Waals surface area contributed by atoms with Crippen LogP contribution in [0.2, 0.25) is 0 Å². The molecule has 0 saturated carbocycles. The van der Waals surface area contributed by atoms with Gasteiger partial charge in [-0.15, -0.1) is 0 Å². The van der Waals surface area contributed by atoms with Gasteiger partial charge < -0.3 is 19.0 Å². The van der Waals surface area contributed by atoms with Crippen LogP contribution in [0.15, 0.2) is 11.8 Å². The lowest BCUT2D eigenvalue weighted by atomic mass is 9.88. The van der Waals surface area contributed by atoms with E-state index in [-0.39, 0.29) is 6.42 Å². The Balaban J connectivity index is 2.97. The zero-order chi connectivity index (χ0) is 20.3. The molecular formula is C14H20F3NO7S. The number of rotatable bonds is 4. The highest BCUT2D eigenvalue weighted by Crippen LogP contribution is 2.32. The number of carbonyl (C=O) groups is 2. The highest BCUT2D eigenvalue weighted by Gasteiger charge is 2.49. The summed E-state index contributed by atoms with van der Waals surface area (Å²) in [5, 5.41) is 2.34. The first-order valence-electron chi connectivity index (χ1n) is 7.43. The zero-order valence-electron chi connectivity index (χ0n) is 14.5. The van der Waals surface area contributed by atoms with E-state index in [0.29, 0.717) is 0 Å². The summed E-state index contributed by atoms with van der Waals surface area (Å²) in [5.74, 6) is -2.20. The van der Waals surface area contributed by atoms with E-state index in [0.717, 1.165) is 13.2 Å². The quantitative estimate of drug-likeness (QED) is 0.436. The van der Waals surface area contributed by atoms with Crippen molar-refractivity contribution in [3.05, 3.63) is 11.8 Å². The Kier molecular flexibility index (Phi) is 6.55. The van der Waals surface area contributed by atoms with Crippen LogP contribution in [0.3, 0.4) is 0 Å². The van der Waals surface area contributed by atoms with Gasteiger partial charge in [0.2, 0.25) is 0 Å². The molecule has 26 heavy (non-hydrogen) atoms. The SMILES string of the molecule is COC(=O)C1CC=C(OS(=O)(=O)C(F)(F)F)CC1NC(=O)OC(C)(C)C. The Hall–Kier alpha value is -1.98. The van der Waals surface area contributed by atoms with E-state index in [4.69, 9.17) is 4.74 Å². The second-order valence-electron chi connectivity index (χ2n) is 6.48. The molecule has 0 spiro atoms. The molecule has 0 saturated heterocycles. The summed E-state index contributed by atoms with van der Waals surface area (Å²) in [6.45, 7) is 4.78. The Labute approximate surface area is 148 Å². The molecule has 0 aromatic carbocycles. The lowest BCUT2D eigenvalue weighted by Gasteiger charge is -2.30. The number of esters is 1. The van der Waals surface area contributed by atoms with Crippen LogP contribution in [0.5, 0.6) is 0 Å². The zero-order valence-corrected chi connectivity index (χ0v) is 15.4. The number of amides is 1. The number of carbonyl (C=O) groups excluding carboxylic acids is 2. The van der Waals surface area contributed by atoms with Gasteiger partial charge in [0.25, 0.3) is 0 Å². The fraction of sp³-hybridized carbons (Fsp3) is 0.714. The van der Waals surface area contributed by atoms with E-state index in [1.54, 1.807) is 20.8 Å². The van der Waals surface area contributed by atoms with Crippen LogP contribution < -0.4 is 5.32 Å². The van der Waals surface area contributed by atoms with Crippen LogP contribution in [0, 0.1) is 5.92 Å². The minimum Gasteiger partial charge on any atom is -0.469 e. The van der Waals surface area contributed by atoms with Crippen molar-refractivity contribution < 1.29 is 44.8 Å². The summed E-state index contributed by atoms with van der Waals surface area (Å²) >= 11 is 0. The van der Waals surface area contributed by atoms with Gasteiger partial charge in [0.1, 0.15) is 11.4 Å². The maximum absolute atomic E-state index is 12.4. The Morgan fingerprint density at radius 1 is 1.23 bits per heavy atom. The van der Waals surface area contributed by atoms with Crippen LogP contribution in [-0.2, 0) is 28.6 Å². The summed E-state index contributed by atoms with van der Waals surface area (Å²) in [6.07, 6.45) is -0.529. The first kappa shape index (κ1) is 22.1. The molecule has 150 valence electrons. The highest BCUT2D eigenvalue weighted by molar-refractivity contribution is 7.87. The molecule has 1 N–H and O–H groups in total. The molecule has 12 heteroatoms. The number of alkyl halides is 3. The molecule has 0 aliphatic heterocycles. The second kappa shape index (κ2) is 7.72. The fourth-order valence-corrected chi connectivity index (χ4v) is 2.66. The van der Waals surface area contributed by atoms with Crippen molar-refractivity contribution >= 4 is 22.2 Å². The minimum atomic E-state index is -5.85. The summed E-state index contributed by atoms with van der Waals surface area (Å²) in [6, 6.07) is -1.07. The van der Waals surface area contributed by atoms with Crippen molar-refractivity contribution in [2.45, 2.75) is 50.8 Å². The summed E-state index contributed by atoms with van der Waals surface area (Å²) in [7, 11) is -4.74. The Morgan fingerprint density at radius 2 is 1.81 bits per heavy atom. The van der Waals surface area contributed by atoms with Crippen LogP contribution in [0.25, 0.3) is 0 Å². The topological polar surface area (TPSA) is 108 Å². The Morgan fingerprint density at radius 3 is 2.27 bits per heavy atom. The lowest BCUT2D eigenvalue weighted by molar-refractivity contribution is -0.146. The molecule has 0 radical (unpaired) electrons. The maximum atomic E-state index is 12.4. The number of hydrogen-bond donors (Lipinski definition) is 1. The van der Waals surface area contributed by atoms with Crippen molar-refractivity contribution in [2.75, 3.05) is 7.11 Å². The van der Waals surface area contributed by atoms with Gasteiger partial charge in [0, 0.05) is 6.42 Å². The van der Waals surface area contributed by atoms with Crippen molar-refractivity contribution in [1.29, 1.82) is 0 Å². The number of methoxy groups -OCH3 is 1. The third kappa shape index (κ3) is 6.07. The Bertz CT molecular complexity index is 680. The molecule has 0 aromatic heterocycles. The van der Waals surface area contributed by atoms with E-state index < -0.39 is 57.4 Å². The van der Waals surface area contributed by atoms with Crippen LogP contribution in [0.4, 0.5) is 18.0 Å². The molecule has 0 heterocycles. The van der Waals surface area contributed by atoms with Gasteiger partial charge in [0.15, 0.2) is 0 Å². The fourth-order valence-electron chi connectivity index (χ4n) is 2.14. The van der Waals surface area contributed by atoms with Crippen molar-refractivity contribution in [2.24, 2.45) is 5.92 Å². The van der Waals surface area contributed by atoms with Gasteiger partial charge >= 0.3 is 27.7 Å². The van der Waals surface area contributed by atoms with E-state index in [1.807, 2.05) is 0 Å². The van der Waals surface area contributed by atoms with Crippen LogP contribution in [0.1, 0.15) is 33.6 Å². The number of hydrogen-bond acceptors (Lipinski definition) is 7. The van der Waals surface area contributed by atoms with Crippen LogP contribution in [-0.4, -0.2) is 44.7 Å². The normalized spacial score (nSPS) is 21.4. The lowest BCUT2D eigenvalue weighted by Crippen LogP contribution is -2.47. The number of allylic oxidation sites excluding steroid dienone is 1. The second-order valence-corrected chi connectivity index (χ2v) is 8.01. The predicted octanol–water partition coefficient (Wildman–Crippen LogP) is 2.21. The standard InChI is InChI=1S/C14H20F3NO7S/c1-13(2,3)24-12(20)18-10-7-8(5-6-9(10)11(19)23-4)25-26(21,22)14(15,16)17/h5,9-10H,6-7H2,1-4H3,(H,18,20). The summed E-state index contributed by atoms with van der Waals surface area (Å²) in [4.78, 5) is 23.7. The number of nitrogens with one attached hydrogen (secondary N) is 1. The molecule has 0 bridgehead atoms. The molecule has 1 rings (SSSR count). The van der Waals surface area contributed by atoms with Crippen LogP contribution >= 0.6 is 0 Å². The van der Waals surface area contributed by atoms with Crippen molar-refractivity contribution in [3.63, 3.8) is 0 Å². The smallest absolute Gasteiger partial charge is 0.469 e. The van der Waals surface area contributed by atoms with E-state index >= 15 is 0 Å². The molecule has 1 aliphatic carbocycles. The molecule has 1 aliphatic rings. The minimum absolute atomic E-state index is 0.185. The summed E-state index contributed by atoms with van der Waals surface area (Å²) < 4.78 is 73.3. The van der Waals surface area contributed by atoms with Gasteiger partial charge in [-0.3, -0.25) is 4.79 Å². The van der Waals surface area contributed by atoms with Gasteiger partial charge in [-0.25, -0.2) is 4.79 Å². The number of ether oxygens (including phenoxy) is 2. The largest absolute Gasteiger partial charge is 0.534 e. The maximum Gasteiger partial charge on any atom is 0.534 e. The van der Waals surface area contributed by atoms with Gasteiger partial charge in [-0.1, -0.05) is 0 Å². The molecule has 0 fully saturated rings. The first-order chi connectivity index (χ1) is 11.7. The molecule has 0 aromatic rings. The monoisotopic (exact) mass is 403 g/mol. The molecule has 8 nitrogen and oxygen atoms in total. The highest BCUT2D eigenvalue weighted by atomic mass is 32.2. The molecule has 2 atom stereocenters. The molecular weight excluding hydrogens is 383 g/mol. The van der Waals surface area contributed by atoms with E-state index in [1.165, 1.54) is 0 Å². The third-order valence-electron chi connectivity index (χ3n) is 3.21. The third-order valence-corrected chi connectivity index (χ3v) is 4.21. The predicted molar refractivity (Wildman–Crippen MR) is 82.0 cm³/mol. The summed E-state index contributed by atoms with van der Waals surface area (Å²) in [5.41, 5.74) is -6.45. The van der Waals surface area contributed by atoms with E-state index in [2.05, 4.69) is 14.2 Å². The van der Waals surface area contributed by atoms with Gasteiger partial charge in [-0.2, -0.15) is 21.6 Å².